The fourth-order valence-electron chi connectivity index (χ4n) is 3.89. The lowest BCUT2D eigenvalue weighted by Crippen LogP contribution is -2.58. The number of aldehydes is 1. The summed E-state index contributed by atoms with van der Waals surface area (Å²) in [6, 6.07) is 17.0. The van der Waals surface area contributed by atoms with Crippen LogP contribution in [0.2, 0.25) is 12.6 Å². The normalized spacial score (nSPS) is 20.3. The maximum Gasteiger partial charge on any atom is 0.150 e. The Morgan fingerprint density at radius 3 is 2.31 bits per heavy atom. The molecule has 4 nitrogen and oxygen atoms in total. The van der Waals surface area contributed by atoms with Gasteiger partial charge in [0.2, 0.25) is 0 Å². The van der Waals surface area contributed by atoms with Crippen LogP contribution in [0.1, 0.15) is 23.2 Å². The Kier molecular flexibility index (Phi) is 5.91. The van der Waals surface area contributed by atoms with Gasteiger partial charge in [0.15, 0.2) is 0 Å². The zero-order chi connectivity index (χ0) is 18.6. The number of aliphatic hydroxyl groups excluding tert-OH is 1. The molecule has 26 heavy (non-hydrogen) atoms. The summed E-state index contributed by atoms with van der Waals surface area (Å²) >= 11 is 0. The number of carbonyl (C=O) groups excluding carboxylic acids is 1. The van der Waals surface area contributed by atoms with Crippen molar-refractivity contribution in [3.8, 4) is 5.75 Å². The molecule has 0 saturated carbocycles. The quantitative estimate of drug-likeness (QED) is 0.577. The van der Waals surface area contributed by atoms with Gasteiger partial charge in [-0.2, -0.15) is 0 Å². The second-order valence-electron chi connectivity index (χ2n) is 7.27. The van der Waals surface area contributed by atoms with Crippen LogP contribution in [0.25, 0.3) is 0 Å². The van der Waals surface area contributed by atoms with Crippen molar-refractivity contribution in [3.05, 3.63) is 54.1 Å². The second-order valence-corrected chi connectivity index (χ2v) is 11.5. The molecule has 1 aliphatic heterocycles. The van der Waals surface area contributed by atoms with Gasteiger partial charge in [-0.15, -0.1) is 0 Å². The van der Waals surface area contributed by atoms with Gasteiger partial charge in [0.05, 0.1) is 13.2 Å². The minimum Gasteiger partial charge on any atom is -0.497 e. The van der Waals surface area contributed by atoms with E-state index in [1.807, 2.05) is 24.3 Å². The molecule has 3 atom stereocenters. The van der Waals surface area contributed by atoms with Gasteiger partial charge in [-0.3, -0.25) is 4.79 Å². The largest absolute Gasteiger partial charge is 0.497 e. The molecule has 138 valence electrons. The van der Waals surface area contributed by atoms with Gasteiger partial charge in [0.25, 0.3) is 0 Å². The molecule has 2 aromatic rings. The van der Waals surface area contributed by atoms with Crippen LogP contribution in [0.5, 0.6) is 5.75 Å². The van der Waals surface area contributed by atoms with E-state index in [0.29, 0.717) is 5.56 Å². The van der Waals surface area contributed by atoms with Crippen LogP contribution in [-0.2, 0) is 0 Å². The first-order valence-corrected chi connectivity index (χ1v) is 11.9. The molecule has 0 amide bonds. The van der Waals surface area contributed by atoms with Gasteiger partial charge in [0.1, 0.15) is 20.1 Å². The second kappa shape index (κ2) is 8.16. The van der Waals surface area contributed by atoms with E-state index in [1.54, 1.807) is 7.11 Å². The van der Waals surface area contributed by atoms with Crippen LogP contribution in [0.4, 0.5) is 0 Å². The van der Waals surface area contributed by atoms with E-state index >= 15 is 0 Å². The van der Waals surface area contributed by atoms with Crippen LogP contribution in [-0.4, -0.2) is 45.3 Å². The van der Waals surface area contributed by atoms with Crippen molar-refractivity contribution < 1.29 is 14.6 Å². The van der Waals surface area contributed by atoms with Crippen molar-refractivity contribution >= 4 is 24.7 Å². The summed E-state index contributed by atoms with van der Waals surface area (Å²) < 4.78 is 5.30. The molecule has 0 aromatic heterocycles. The zero-order valence-electron chi connectivity index (χ0n) is 15.4. The maximum atomic E-state index is 11.0. The van der Waals surface area contributed by atoms with E-state index in [0.717, 1.165) is 37.5 Å². The van der Waals surface area contributed by atoms with Crippen LogP contribution in [0, 0.1) is 0 Å². The zero-order valence-corrected chi connectivity index (χ0v) is 16.4. The number of methoxy groups -OCH3 is 1. The number of hydrogen-bond acceptors (Lipinski definition) is 4. The number of benzene rings is 2. The number of aliphatic hydroxyl groups is 1. The Balaban J connectivity index is 1.96. The highest BCUT2D eigenvalue weighted by molar-refractivity contribution is 7.01. The van der Waals surface area contributed by atoms with E-state index in [9.17, 15) is 9.90 Å². The van der Waals surface area contributed by atoms with E-state index in [2.05, 4.69) is 36.1 Å². The van der Waals surface area contributed by atoms with Crippen molar-refractivity contribution in [1.29, 1.82) is 0 Å². The van der Waals surface area contributed by atoms with Crippen molar-refractivity contribution in [2.24, 2.45) is 0 Å². The topological polar surface area (TPSA) is 58.6 Å². The standard InChI is InChI=1S/C21H27NO3Si/c1-25-17-7-11-19(12-8-17)26(2,15-21(24)20-4-3-13-22-20)18-9-5-16(14-23)6-10-18/h5-12,14,20-22,24H,3-4,13,15H2,1-2H3/t20-,21+,26?/m0/s1. The molecule has 1 heterocycles. The summed E-state index contributed by atoms with van der Waals surface area (Å²) in [6.45, 7) is 3.28. The van der Waals surface area contributed by atoms with Crippen molar-refractivity contribution in [1.82, 2.24) is 5.32 Å². The minimum atomic E-state index is -2.17. The molecule has 0 bridgehead atoms. The van der Waals surface area contributed by atoms with Gasteiger partial charge >= 0.3 is 0 Å². The van der Waals surface area contributed by atoms with Crippen molar-refractivity contribution in [3.63, 3.8) is 0 Å². The summed E-state index contributed by atoms with van der Waals surface area (Å²) in [5, 5.41) is 16.8. The Morgan fingerprint density at radius 2 is 1.81 bits per heavy atom. The number of carbonyl (C=O) groups is 1. The van der Waals surface area contributed by atoms with Gasteiger partial charge < -0.3 is 15.2 Å². The molecule has 0 radical (unpaired) electrons. The SMILES string of the molecule is COc1ccc([Si](C)(C[C@@H](O)[C@@H]2CCCN2)c2ccc(C=O)cc2)cc1. The summed E-state index contributed by atoms with van der Waals surface area (Å²) in [6.07, 6.45) is 2.64. The molecule has 0 aliphatic carbocycles. The fourth-order valence-corrected chi connectivity index (χ4v) is 7.62. The summed E-state index contributed by atoms with van der Waals surface area (Å²) in [4.78, 5) is 11.0. The van der Waals surface area contributed by atoms with Gasteiger partial charge in [-0.25, -0.2) is 0 Å². The van der Waals surface area contributed by atoms with Crippen molar-refractivity contribution in [2.45, 2.75) is 37.6 Å². The third-order valence-corrected chi connectivity index (χ3v) is 10.0. The highest BCUT2D eigenvalue weighted by Crippen LogP contribution is 2.21. The highest BCUT2D eigenvalue weighted by atomic mass is 28.3. The summed E-state index contributed by atoms with van der Waals surface area (Å²) in [7, 11) is -0.499. The first kappa shape index (κ1) is 18.8. The molecule has 1 fully saturated rings. The van der Waals surface area contributed by atoms with Gasteiger partial charge in [-0.1, -0.05) is 53.3 Å². The fraction of sp³-hybridized carbons (Fsp3) is 0.381. The Hall–Kier alpha value is -1.95. The van der Waals surface area contributed by atoms with E-state index in [4.69, 9.17) is 4.74 Å². The molecule has 1 aliphatic rings. The number of nitrogens with one attached hydrogen (secondary N) is 1. The Bertz CT molecular complexity index is 726. The minimum absolute atomic E-state index is 0.175. The third kappa shape index (κ3) is 3.90. The average molecular weight is 370 g/mol. The predicted molar refractivity (Wildman–Crippen MR) is 108 cm³/mol. The molecular formula is C21H27NO3Si. The number of rotatable bonds is 7. The Labute approximate surface area is 156 Å². The third-order valence-electron chi connectivity index (χ3n) is 5.59. The molecule has 2 aromatic carbocycles. The van der Waals surface area contributed by atoms with Crippen LogP contribution < -0.4 is 20.4 Å². The van der Waals surface area contributed by atoms with E-state index in [1.165, 1.54) is 10.4 Å². The van der Waals surface area contributed by atoms with Crippen LogP contribution >= 0.6 is 0 Å². The van der Waals surface area contributed by atoms with Gasteiger partial charge in [-0.05, 0) is 37.6 Å². The Morgan fingerprint density at radius 1 is 1.19 bits per heavy atom. The van der Waals surface area contributed by atoms with E-state index < -0.39 is 8.07 Å². The van der Waals surface area contributed by atoms with Crippen LogP contribution in [0.3, 0.4) is 0 Å². The summed E-state index contributed by atoms with van der Waals surface area (Å²) in [5.74, 6) is 0.833. The molecule has 3 rings (SSSR count). The first-order valence-electron chi connectivity index (χ1n) is 9.18. The molecule has 1 unspecified atom stereocenters. The van der Waals surface area contributed by atoms with Crippen LogP contribution in [0.15, 0.2) is 48.5 Å². The van der Waals surface area contributed by atoms with Crippen molar-refractivity contribution in [2.75, 3.05) is 13.7 Å². The molecule has 0 spiro atoms. The molecular weight excluding hydrogens is 342 g/mol. The smallest absolute Gasteiger partial charge is 0.150 e. The molecule has 2 N–H and O–H groups in total. The summed E-state index contributed by atoms with van der Waals surface area (Å²) in [5.41, 5.74) is 0.679. The monoisotopic (exact) mass is 369 g/mol. The lowest BCUT2D eigenvalue weighted by atomic mass is 10.1. The maximum absolute atomic E-state index is 11.0. The lowest BCUT2D eigenvalue weighted by molar-refractivity contribution is 0.112. The van der Waals surface area contributed by atoms with E-state index in [-0.39, 0.29) is 12.1 Å². The average Bonchev–Trinajstić information content (AvgIpc) is 3.23. The number of ether oxygens (including phenoxy) is 1. The predicted octanol–water partition coefficient (Wildman–Crippen LogP) is 1.81. The number of hydrogen-bond donors (Lipinski definition) is 2. The molecule has 5 heteroatoms. The lowest BCUT2D eigenvalue weighted by Gasteiger charge is -2.33. The highest BCUT2D eigenvalue weighted by Gasteiger charge is 2.37. The first-order chi connectivity index (χ1) is 12.6. The van der Waals surface area contributed by atoms with Gasteiger partial charge in [0, 0.05) is 11.6 Å². The molecule has 1 saturated heterocycles.